The van der Waals surface area contributed by atoms with Crippen molar-refractivity contribution < 1.29 is 23.5 Å². The second-order valence-corrected chi connectivity index (χ2v) is 10.2. The van der Waals surface area contributed by atoms with E-state index in [0.29, 0.717) is 11.4 Å². The van der Waals surface area contributed by atoms with Gasteiger partial charge in [-0.3, -0.25) is 19.1 Å². The summed E-state index contributed by atoms with van der Waals surface area (Å²) in [7, 11) is 3.23. The number of hydrogen-bond acceptors (Lipinski definition) is 5. The Morgan fingerprint density at radius 3 is 2.46 bits per heavy atom. The number of halogens is 2. The molecule has 1 heterocycles. The molecule has 0 spiro atoms. The zero-order valence-corrected chi connectivity index (χ0v) is 23.7. The molecule has 2 aromatic carbocycles. The fourth-order valence-corrected chi connectivity index (χ4v) is 4.22. The normalized spacial score (nSPS) is 12.2. The Bertz CT molecular complexity index is 1400. The van der Waals surface area contributed by atoms with Crippen molar-refractivity contribution >= 4 is 29.1 Å². The molecule has 0 radical (unpaired) electrons. The van der Waals surface area contributed by atoms with Crippen LogP contribution >= 0.6 is 11.6 Å². The molecule has 1 unspecified atom stereocenters. The molecule has 210 valence electrons. The van der Waals surface area contributed by atoms with E-state index in [-0.39, 0.29) is 47.3 Å². The molecule has 11 heteroatoms. The molecule has 9 nitrogen and oxygen atoms in total. The van der Waals surface area contributed by atoms with Crippen LogP contribution in [0.5, 0.6) is 5.75 Å². The van der Waals surface area contributed by atoms with Crippen LogP contribution in [0.2, 0.25) is 5.02 Å². The average molecular weight is 561 g/mol. The molecule has 0 fully saturated rings. The van der Waals surface area contributed by atoms with Crippen molar-refractivity contribution in [2.24, 2.45) is 18.4 Å². The first-order valence-corrected chi connectivity index (χ1v) is 12.9. The van der Waals surface area contributed by atoms with Crippen LogP contribution in [-0.4, -0.2) is 41.4 Å². The number of amides is 2. The van der Waals surface area contributed by atoms with Gasteiger partial charge in [-0.25, -0.2) is 9.07 Å². The second-order valence-electron chi connectivity index (χ2n) is 9.81. The highest BCUT2D eigenvalue weighted by Crippen LogP contribution is 2.29. The molecule has 1 atom stereocenters. The molecule has 3 aromatic rings. The molecule has 39 heavy (non-hydrogen) atoms. The number of methoxy groups -OCH3 is 1. The third-order valence-corrected chi connectivity index (χ3v) is 7.04. The summed E-state index contributed by atoms with van der Waals surface area (Å²) in [6.07, 6.45) is 0. The van der Waals surface area contributed by atoms with Crippen LogP contribution in [0, 0.1) is 17.2 Å². The van der Waals surface area contributed by atoms with Crippen LogP contribution < -0.4 is 20.9 Å². The van der Waals surface area contributed by atoms with Crippen LogP contribution in [0.4, 0.5) is 10.1 Å². The lowest BCUT2D eigenvalue weighted by molar-refractivity contribution is -0.122. The number of ether oxygens (including phenoxy) is 2. The number of anilines is 1. The zero-order valence-electron chi connectivity index (χ0n) is 22.9. The predicted octanol–water partition coefficient (Wildman–Crippen LogP) is 4.54. The number of nitrogens with one attached hydrogen (secondary N) is 2. The molecule has 2 N–H and O–H groups in total. The summed E-state index contributed by atoms with van der Waals surface area (Å²) in [6.45, 7) is 7.53. The summed E-state index contributed by atoms with van der Waals surface area (Å²) in [6, 6.07) is 11.4. The molecule has 1 aromatic heterocycles. The lowest BCUT2D eigenvalue weighted by Crippen LogP contribution is -2.42. The topological polar surface area (TPSA) is 104 Å². The summed E-state index contributed by atoms with van der Waals surface area (Å²) in [5.41, 5.74) is 0.248. The molecular weight excluding hydrogens is 527 g/mol. The van der Waals surface area contributed by atoms with E-state index < -0.39 is 29.0 Å². The largest absolute Gasteiger partial charge is 0.493 e. The number of hydrogen-bond donors (Lipinski definition) is 2. The fraction of sp³-hybridized carbons (Fsp3) is 0.393. The summed E-state index contributed by atoms with van der Waals surface area (Å²) in [5, 5.41) is 5.38. The molecule has 2 amide bonds. The Kier molecular flexibility index (Phi) is 9.58. The number of carbonyl (C=O) groups excluding carboxylic acids is 2. The standard InChI is InChI=1S/C28H34ClFN4O5/c1-7-39-23-14-21(30)20(29)13-19(23)26(36)31-16-28(3,4)17(2)25(35)32-24-22(15-38-6)33(5)34(27(24)37)18-11-9-8-10-12-18/h8-14,17H,7,15-16H2,1-6H3,(H,31,36)(H,32,35). The van der Waals surface area contributed by atoms with Crippen LogP contribution in [0.25, 0.3) is 5.69 Å². The van der Waals surface area contributed by atoms with Gasteiger partial charge in [0.1, 0.15) is 17.3 Å². The van der Waals surface area contributed by atoms with Gasteiger partial charge in [0.05, 0.1) is 35.2 Å². The van der Waals surface area contributed by atoms with E-state index in [1.807, 2.05) is 32.0 Å². The molecule has 0 aliphatic carbocycles. The van der Waals surface area contributed by atoms with E-state index in [9.17, 15) is 18.8 Å². The number of benzene rings is 2. The first kappa shape index (κ1) is 29.9. The van der Waals surface area contributed by atoms with Crippen molar-refractivity contribution in [3.05, 3.63) is 74.9 Å². The number of aromatic nitrogens is 2. The predicted molar refractivity (Wildman–Crippen MR) is 148 cm³/mol. The van der Waals surface area contributed by atoms with Gasteiger partial charge in [0, 0.05) is 32.7 Å². The highest BCUT2D eigenvalue weighted by molar-refractivity contribution is 6.31. The van der Waals surface area contributed by atoms with Crippen molar-refractivity contribution in [3.63, 3.8) is 0 Å². The Morgan fingerprint density at radius 1 is 1.18 bits per heavy atom. The van der Waals surface area contributed by atoms with Crippen molar-refractivity contribution in [2.45, 2.75) is 34.3 Å². The maximum Gasteiger partial charge on any atom is 0.295 e. The van der Waals surface area contributed by atoms with Crippen LogP contribution in [0.15, 0.2) is 47.3 Å². The first-order chi connectivity index (χ1) is 18.4. The van der Waals surface area contributed by atoms with Gasteiger partial charge in [0.15, 0.2) is 0 Å². The third kappa shape index (κ3) is 6.51. The summed E-state index contributed by atoms with van der Waals surface area (Å²) in [4.78, 5) is 39.7. The lowest BCUT2D eigenvalue weighted by atomic mass is 9.79. The zero-order chi connectivity index (χ0) is 28.9. The van der Waals surface area contributed by atoms with Gasteiger partial charge < -0.3 is 20.1 Å². The minimum Gasteiger partial charge on any atom is -0.493 e. The molecule has 0 aliphatic rings. The number of nitrogens with zero attached hydrogens (tertiary/aromatic N) is 2. The number of para-hydroxylation sites is 1. The average Bonchev–Trinajstić information content (AvgIpc) is 3.13. The SMILES string of the molecule is CCOc1cc(F)c(Cl)cc1C(=O)NCC(C)(C)C(C)C(=O)Nc1c(COC)n(C)n(-c2ccccc2)c1=O. The van der Waals surface area contributed by atoms with Gasteiger partial charge in [0.25, 0.3) is 11.5 Å². The Morgan fingerprint density at radius 2 is 1.85 bits per heavy atom. The fourth-order valence-electron chi connectivity index (χ4n) is 4.06. The monoisotopic (exact) mass is 560 g/mol. The Labute approximate surface area is 231 Å². The van der Waals surface area contributed by atoms with Crippen LogP contribution in [-0.2, 0) is 23.2 Å². The lowest BCUT2D eigenvalue weighted by Gasteiger charge is -2.31. The van der Waals surface area contributed by atoms with E-state index in [1.54, 1.807) is 37.7 Å². The summed E-state index contributed by atoms with van der Waals surface area (Å²) < 4.78 is 27.7. The Balaban J connectivity index is 1.80. The first-order valence-electron chi connectivity index (χ1n) is 12.5. The van der Waals surface area contributed by atoms with Crippen LogP contribution in [0.3, 0.4) is 0 Å². The highest BCUT2D eigenvalue weighted by atomic mass is 35.5. The summed E-state index contributed by atoms with van der Waals surface area (Å²) >= 11 is 5.89. The second kappa shape index (κ2) is 12.5. The van der Waals surface area contributed by atoms with Crippen molar-refractivity contribution in [1.29, 1.82) is 0 Å². The quantitative estimate of drug-likeness (QED) is 0.358. The van der Waals surface area contributed by atoms with E-state index in [1.165, 1.54) is 17.9 Å². The third-order valence-electron chi connectivity index (χ3n) is 6.75. The van der Waals surface area contributed by atoms with Gasteiger partial charge in [0.2, 0.25) is 5.91 Å². The molecule has 0 aliphatic heterocycles. The Hall–Kier alpha value is -3.63. The molecular formula is C28H34ClFN4O5. The van der Waals surface area contributed by atoms with Gasteiger partial charge in [-0.1, -0.05) is 50.6 Å². The number of carbonyl (C=O) groups is 2. The van der Waals surface area contributed by atoms with Gasteiger partial charge in [-0.05, 0) is 30.5 Å². The molecule has 0 bridgehead atoms. The van der Waals surface area contributed by atoms with Gasteiger partial charge >= 0.3 is 0 Å². The highest BCUT2D eigenvalue weighted by Gasteiger charge is 2.34. The minimum atomic E-state index is -0.732. The summed E-state index contributed by atoms with van der Waals surface area (Å²) in [5.74, 6) is -2.15. The van der Waals surface area contributed by atoms with E-state index in [4.69, 9.17) is 21.1 Å². The molecule has 3 rings (SSSR count). The maximum atomic E-state index is 13.9. The molecule has 0 saturated heterocycles. The maximum absolute atomic E-state index is 13.9. The molecule has 0 saturated carbocycles. The smallest absolute Gasteiger partial charge is 0.295 e. The van der Waals surface area contributed by atoms with E-state index >= 15 is 0 Å². The van der Waals surface area contributed by atoms with Crippen molar-refractivity contribution in [3.8, 4) is 11.4 Å². The van der Waals surface area contributed by atoms with Gasteiger partial charge in [-0.15, -0.1) is 0 Å². The van der Waals surface area contributed by atoms with Crippen LogP contribution in [0.1, 0.15) is 43.7 Å². The van der Waals surface area contributed by atoms with Crippen molar-refractivity contribution in [1.82, 2.24) is 14.7 Å². The van der Waals surface area contributed by atoms with Gasteiger partial charge in [-0.2, -0.15) is 0 Å². The van der Waals surface area contributed by atoms with E-state index in [0.717, 1.165) is 6.07 Å². The van der Waals surface area contributed by atoms with E-state index in [2.05, 4.69) is 10.6 Å². The van der Waals surface area contributed by atoms with Crippen molar-refractivity contribution in [2.75, 3.05) is 25.6 Å². The minimum absolute atomic E-state index is 0.0740. The number of rotatable bonds is 11.